The maximum Gasteiger partial charge on any atom is 0.276 e. The van der Waals surface area contributed by atoms with Crippen LogP contribution in [0.1, 0.15) is 27.3 Å². The molecule has 5 nitrogen and oxygen atoms in total. The molecule has 0 spiro atoms. The zero-order valence-corrected chi connectivity index (χ0v) is 13.4. The van der Waals surface area contributed by atoms with E-state index >= 15 is 0 Å². The zero-order valence-electron chi connectivity index (χ0n) is 13.4. The maximum absolute atomic E-state index is 12.4. The van der Waals surface area contributed by atoms with Crippen LogP contribution in [0, 0.1) is 25.2 Å². The highest BCUT2D eigenvalue weighted by Gasteiger charge is 2.13. The summed E-state index contributed by atoms with van der Waals surface area (Å²) in [4.78, 5) is 12.4. The summed E-state index contributed by atoms with van der Waals surface area (Å²) in [5.41, 5.74) is 4.34. The number of benzene rings is 2. The van der Waals surface area contributed by atoms with E-state index in [-0.39, 0.29) is 5.91 Å². The molecule has 1 aromatic heterocycles. The fourth-order valence-electron chi connectivity index (χ4n) is 2.39. The molecule has 1 N–H and O–H groups in total. The van der Waals surface area contributed by atoms with E-state index < -0.39 is 0 Å². The second-order valence-corrected chi connectivity index (χ2v) is 5.57. The normalized spacial score (nSPS) is 10.2. The van der Waals surface area contributed by atoms with E-state index in [2.05, 4.69) is 10.4 Å². The molecule has 1 heterocycles. The van der Waals surface area contributed by atoms with Crippen molar-refractivity contribution in [1.29, 1.82) is 5.26 Å². The molecule has 5 heteroatoms. The molecule has 0 aliphatic carbocycles. The Morgan fingerprint density at radius 2 is 1.88 bits per heavy atom. The highest BCUT2D eigenvalue weighted by atomic mass is 16.1. The number of nitrogens with one attached hydrogen (secondary N) is 1. The van der Waals surface area contributed by atoms with E-state index in [1.165, 1.54) is 5.56 Å². The minimum atomic E-state index is -0.306. The molecule has 2 aromatic carbocycles. The van der Waals surface area contributed by atoms with Crippen LogP contribution in [-0.4, -0.2) is 15.7 Å². The summed E-state index contributed by atoms with van der Waals surface area (Å²) in [6, 6.07) is 18.5. The van der Waals surface area contributed by atoms with Gasteiger partial charge in [-0.25, -0.2) is 4.68 Å². The lowest BCUT2D eigenvalue weighted by Gasteiger charge is -2.05. The quantitative estimate of drug-likeness (QED) is 0.802. The van der Waals surface area contributed by atoms with Crippen LogP contribution >= 0.6 is 0 Å². The predicted octanol–water partition coefficient (Wildman–Crippen LogP) is 3.61. The molecule has 0 radical (unpaired) electrons. The van der Waals surface area contributed by atoms with E-state index in [0.717, 1.165) is 11.4 Å². The third kappa shape index (κ3) is 3.18. The van der Waals surface area contributed by atoms with Gasteiger partial charge in [0.15, 0.2) is 5.69 Å². The van der Waals surface area contributed by atoms with Gasteiger partial charge in [0.1, 0.15) is 0 Å². The first-order valence-corrected chi connectivity index (χ1v) is 7.52. The van der Waals surface area contributed by atoms with Gasteiger partial charge in [-0.1, -0.05) is 23.8 Å². The molecule has 1 amide bonds. The van der Waals surface area contributed by atoms with Crippen molar-refractivity contribution in [3.63, 3.8) is 0 Å². The molecule has 0 aliphatic rings. The molecule has 0 saturated carbocycles. The number of hydrogen-bond donors (Lipinski definition) is 1. The molecule has 0 saturated heterocycles. The number of nitriles is 1. The first kappa shape index (κ1) is 15.5. The minimum absolute atomic E-state index is 0.306. The van der Waals surface area contributed by atoms with Gasteiger partial charge in [-0.2, -0.15) is 10.4 Å². The van der Waals surface area contributed by atoms with Gasteiger partial charge >= 0.3 is 0 Å². The molecule has 24 heavy (non-hydrogen) atoms. The molecule has 3 aromatic rings. The number of carbonyl (C=O) groups excluding carboxylic acids is 1. The second kappa shape index (κ2) is 6.39. The summed E-state index contributed by atoms with van der Waals surface area (Å²) in [7, 11) is 0. The summed E-state index contributed by atoms with van der Waals surface area (Å²) < 4.78 is 1.74. The van der Waals surface area contributed by atoms with Crippen molar-refractivity contribution in [2.45, 2.75) is 13.8 Å². The predicted molar refractivity (Wildman–Crippen MR) is 92.1 cm³/mol. The van der Waals surface area contributed by atoms with Crippen molar-refractivity contribution >= 4 is 11.6 Å². The number of nitrogens with zero attached hydrogens (tertiary/aromatic N) is 3. The largest absolute Gasteiger partial charge is 0.321 e. The Labute approximate surface area is 140 Å². The van der Waals surface area contributed by atoms with Crippen molar-refractivity contribution < 1.29 is 4.79 Å². The lowest BCUT2D eigenvalue weighted by Crippen LogP contribution is -2.13. The first-order chi connectivity index (χ1) is 11.6. The minimum Gasteiger partial charge on any atom is -0.321 e. The number of anilines is 1. The van der Waals surface area contributed by atoms with Crippen molar-refractivity contribution in [2.24, 2.45) is 0 Å². The van der Waals surface area contributed by atoms with Gasteiger partial charge < -0.3 is 5.32 Å². The second-order valence-electron chi connectivity index (χ2n) is 5.57. The summed E-state index contributed by atoms with van der Waals surface area (Å²) in [6.07, 6.45) is 0. The molecule has 3 rings (SSSR count). The molecule has 0 atom stereocenters. The van der Waals surface area contributed by atoms with Gasteiger partial charge in [-0.05, 0) is 50.2 Å². The number of aromatic nitrogens is 2. The fraction of sp³-hybridized carbons (Fsp3) is 0.105. The highest BCUT2D eigenvalue weighted by molar-refractivity contribution is 6.03. The van der Waals surface area contributed by atoms with E-state index in [4.69, 9.17) is 5.26 Å². The molecular weight excluding hydrogens is 300 g/mol. The van der Waals surface area contributed by atoms with Gasteiger partial charge in [0, 0.05) is 11.4 Å². The van der Waals surface area contributed by atoms with Crippen molar-refractivity contribution in [3.05, 3.63) is 77.1 Å². The lowest BCUT2D eigenvalue weighted by atomic mass is 10.2. The molecular formula is C19H16N4O. The Balaban J connectivity index is 1.85. The number of amides is 1. The summed E-state index contributed by atoms with van der Waals surface area (Å²) >= 11 is 0. The van der Waals surface area contributed by atoms with Gasteiger partial charge in [-0.15, -0.1) is 0 Å². The highest BCUT2D eigenvalue weighted by Crippen LogP contribution is 2.15. The van der Waals surface area contributed by atoms with Crippen molar-refractivity contribution in [3.8, 4) is 11.8 Å². The van der Waals surface area contributed by atoms with Crippen molar-refractivity contribution in [1.82, 2.24) is 9.78 Å². The summed E-state index contributed by atoms with van der Waals surface area (Å²) in [5.74, 6) is -0.306. The first-order valence-electron chi connectivity index (χ1n) is 7.52. The third-order valence-electron chi connectivity index (χ3n) is 3.65. The summed E-state index contributed by atoms with van der Waals surface area (Å²) in [6.45, 7) is 3.92. The number of aryl methyl sites for hydroxylation is 2. The maximum atomic E-state index is 12.4. The van der Waals surface area contributed by atoms with E-state index in [1.807, 2.05) is 44.2 Å². The van der Waals surface area contributed by atoms with E-state index in [9.17, 15) is 4.79 Å². The number of rotatable bonds is 3. The smallest absolute Gasteiger partial charge is 0.276 e. The zero-order chi connectivity index (χ0) is 17.1. The fourth-order valence-corrected chi connectivity index (χ4v) is 2.39. The SMILES string of the molecule is Cc1ccc(-n2nc(C(=O)Nc3cccc(C#N)c3)cc2C)cc1. The molecule has 0 fully saturated rings. The van der Waals surface area contributed by atoms with Crippen LogP contribution in [0.5, 0.6) is 0 Å². The van der Waals surface area contributed by atoms with Gasteiger partial charge in [0.2, 0.25) is 0 Å². The van der Waals surface area contributed by atoms with Gasteiger partial charge in [0.05, 0.1) is 17.3 Å². The Morgan fingerprint density at radius 1 is 1.12 bits per heavy atom. The number of hydrogen-bond acceptors (Lipinski definition) is 3. The topological polar surface area (TPSA) is 70.7 Å². The summed E-state index contributed by atoms with van der Waals surface area (Å²) in [5, 5.41) is 16.1. The van der Waals surface area contributed by atoms with Gasteiger partial charge in [-0.3, -0.25) is 4.79 Å². The van der Waals surface area contributed by atoms with Crippen LogP contribution in [0.3, 0.4) is 0 Å². The van der Waals surface area contributed by atoms with Crippen LogP contribution in [0.25, 0.3) is 5.69 Å². The Morgan fingerprint density at radius 3 is 2.58 bits per heavy atom. The van der Waals surface area contributed by atoms with Gasteiger partial charge in [0.25, 0.3) is 5.91 Å². The molecule has 0 unspecified atom stereocenters. The van der Waals surface area contributed by atoms with Crippen LogP contribution < -0.4 is 5.32 Å². The van der Waals surface area contributed by atoms with Crippen LogP contribution in [0.2, 0.25) is 0 Å². The standard InChI is InChI=1S/C19H16N4O/c1-13-6-8-17(9-7-13)23-14(2)10-18(22-23)19(24)21-16-5-3-4-15(11-16)12-20/h3-11H,1-2H3,(H,21,24). The lowest BCUT2D eigenvalue weighted by molar-refractivity contribution is 0.102. The van der Waals surface area contributed by atoms with Crippen LogP contribution in [0.4, 0.5) is 5.69 Å². The van der Waals surface area contributed by atoms with Crippen LogP contribution in [0.15, 0.2) is 54.6 Å². The van der Waals surface area contributed by atoms with E-state index in [1.54, 1.807) is 35.0 Å². The Kier molecular flexibility index (Phi) is 4.13. The molecule has 0 bridgehead atoms. The third-order valence-corrected chi connectivity index (χ3v) is 3.65. The molecule has 118 valence electrons. The average Bonchev–Trinajstić information content (AvgIpc) is 2.98. The van der Waals surface area contributed by atoms with Crippen molar-refractivity contribution in [2.75, 3.05) is 5.32 Å². The monoisotopic (exact) mass is 316 g/mol. The van der Waals surface area contributed by atoms with E-state index in [0.29, 0.717) is 16.9 Å². The van der Waals surface area contributed by atoms with Crippen LogP contribution in [-0.2, 0) is 0 Å². The average molecular weight is 316 g/mol. The Hall–Kier alpha value is -3.39. The number of carbonyl (C=O) groups is 1. The molecule has 0 aliphatic heterocycles. The Bertz CT molecular complexity index is 933.